The molecule has 1 aliphatic rings. The molecule has 2 atom stereocenters. The number of rotatable bonds is 8. The van der Waals surface area contributed by atoms with Crippen molar-refractivity contribution in [3.05, 3.63) is 18.2 Å². The maximum atomic E-state index is 12.4. The minimum absolute atomic E-state index is 0.0284. The summed E-state index contributed by atoms with van der Waals surface area (Å²) in [7, 11) is -4.24. The molecule has 3 N–H and O–H groups in total. The van der Waals surface area contributed by atoms with E-state index in [0.717, 1.165) is 0 Å². The number of nitrogens with one attached hydrogen (secondary N) is 2. The lowest BCUT2D eigenvalue weighted by Gasteiger charge is -2.16. The first-order valence-electron chi connectivity index (χ1n) is 7.52. The maximum absolute atomic E-state index is 12.4. The van der Waals surface area contributed by atoms with Gasteiger partial charge in [0.05, 0.1) is 31.8 Å². The lowest BCUT2D eigenvalue weighted by Crippen LogP contribution is -2.42. The fraction of sp³-hybridized carbons (Fsp3) is 0.571. The van der Waals surface area contributed by atoms with E-state index in [2.05, 4.69) is 10.0 Å². The lowest BCUT2D eigenvalue weighted by atomic mass is 10.2. The van der Waals surface area contributed by atoms with Gasteiger partial charge in [-0.2, -0.15) is 0 Å². The van der Waals surface area contributed by atoms with Crippen molar-refractivity contribution in [2.75, 3.05) is 38.8 Å². The fourth-order valence-corrected chi connectivity index (χ4v) is 5.50. The van der Waals surface area contributed by atoms with Gasteiger partial charge < -0.3 is 19.9 Å². The standard InChI is InChI=1S/C14H22N2O7S2/c1-22-10-3-4-14(13(7-10)23-2)25(20,21)16-6-5-15-11-8-24(18,19)9-12(11)17/h3-4,7,11-12,15-17H,5-6,8-9H2,1-2H3/t11-,12-/m0/s1. The summed E-state index contributed by atoms with van der Waals surface area (Å²) in [6.07, 6.45) is -0.983. The van der Waals surface area contributed by atoms with Gasteiger partial charge in [0, 0.05) is 25.2 Å². The van der Waals surface area contributed by atoms with E-state index in [-0.39, 0.29) is 35.2 Å². The molecular weight excluding hydrogens is 372 g/mol. The number of ether oxygens (including phenoxy) is 2. The molecule has 2 rings (SSSR count). The van der Waals surface area contributed by atoms with Crippen molar-refractivity contribution in [3.8, 4) is 11.5 Å². The molecule has 11 heteroatoms. The predicted molar refractivity (Wildman–Crippen MR) is 91.2 cm³/mol. The predicted octanol–water partition coefficient (Wildman–Crippen LogP) is -1.27. The highest BCUT2D eigenvalue weighted by molar-refractivity contribution is 7.91. The molecule has 0 bridgehead atoms. The van der Waals surface area contributed by atoms with Crippen molar-refractivity contribution in [2.24, 2.45) is 0 Å². The Kier molecular flexibility index (Phi) is 6.27. The van der Waals surface area contributed by atoms with Crippen molar-refractivity contribution in [1.29, 1.82) is 0 Å². The van der Waals surface area contributed by atoms with E-state index in [1.807, 2.05) is 0 Å². The Balaban J connectivity index is 1.94. The Morgan fingerprint density at radius 3 is 2.48 bits per heavy atom. The number of methoxy groups -OCH3 is 2. The molecule has 0 unspecified atom stereocenters. The molecule has 1 aliphatic heterocycles. The smallest absolute Gasteiger partial charge is 0.244 e. The summed E-state index contributed by atoms with van der Waals surface area (Å²) in [6.45, 7) is 0.204. The third-order valence-electron chi connectivity index (χ3n) is 3.81. The second kappa shape index (κ2) is 7.87. The Labute approximate surface area is 147 Å². The van der Waals surface area contributed by atoms with E-state index in [4.69, 9.17) is 9.47 Å². The quantitative estimate of drug-likeness (QED) is 0.465. The first-order chi connectivity index (χ1) is 11.7. The molecule has 0 spiro atoms. The summed E-state index contributed by atoms with van der Waals surface area (Å²) in [4.78, 5) is -0.0284. The van der Waals surface area contributed by atoms with Crippen molar-refractivity contribution in [2.45, 2.75) is 17.0 Å². The maximum Gasteiger partial charge on any atom is 0.244 e. The molecule has 142 valence electrons. The van der Waals surface area contributed by atoms with Crippen LogP contribution >= 0.6 is 0 Å². The summed E-state index contributed by atoms with van der Waals surface area (Å²) >= 11 is 0. The second-order valence-corrected chi connectivity index (χ2v) is 9.51. The molecule has 1 aromatic carbocycles. The molecular formula is C14H22N2O7S2. The Morgan fingerprint density at radius 2 is 1.92 bits per heavy atom. The van der Waals surface area contributed by atoms with Gasteiger partial charge in [-0.15, -0.1) is 0 Å². The van der Waals surface area contributed by atoms with Crippen LogP contribution in [0.25, 0.3) is 0 Å². The first-order valence-corrected chi connectivity index (χ1v) is 10.8. The third kappa shape index (κ3) is 5.05. The zero-order valence-electron chi connectivity index (χ0n) is 13.9. The molecule has 0 aliphatic carbocycles. The third-order valence-corrected chi connectivity index (χ3v) is 7.02. The Bertz CT molecular complexity index is 808. The molecule has 0 radical (unpaired) electrons. The zero-order valence-corrected chi connectivity index (χ0v) is 15.6. The van der Waals surface area contributed by atoms with E-state index < -0.39 is 32.0 Å². The molecule has 1 saturated heterocycles. The van der Waals surface area contributed by atoms with Crippen LogP contribution in [0.15, 0.2) is 23.1 Å². The van der Waals surface area contributed by atoms with Crippen LogP contribution in [0, 0.1) is 0 Å². The summed E-state index contributed by atoms with van der Waals surface area (Å²) in [5.41, 5.74) is 0. The minimum Gasteiger partial charge on any atom is -0.497 e. The van der Waals surface area contributed by atoms with Gasteiger partial charge in [-0.1, -0.05) is 0 Å². The van der Waals surface area contributed by atoms with Gasteiger partial charge in [-0.25, -0.2) is 21.6 Å². The first kappa shape index (κ1) is 19.9. The van der Waals surface area contributed by atoms with Crippen LogP contribution in [-0.2, 0) is 19.9 Å². The van der Waals surface area contributed by atoms with Crippen LogP contribution in [0.1, 0.15) is 0 Å². The van der Waals surface area contributed by atoms with Crippen molar-refractivity contribution in [1.82, 2.24) is 10.0 Å². The van der Waals surface area contributed by atoms with Crippen LogP contribution in [0.3, 0.4) is 0 Å². The molecule has 1 heterocycles. The van der Waals surface area contributed by atoms with Crippen LogP contribution in [0.2, 0.25) is 0 Å². The van der Waals surface area contributed by atoms with Crippen LogP contribution in [-0.4, -0.2) is 72.9 Å². The minimum atomic E-state index is -3.81. The number of sulfonamides is 1. The van der Waals surface area contributed by atoms with Crippen molar-refractivity contribution >= 4 is 19.9 Å². The summed E-state index contributed by atoms with van der Waals surface area (Å²) in [6, 6.07) is 3.76. The van der Waals surface area contributed by atoms with Crippen LogP contribution < -0.4 is 19.5 Å². The van der Waals surface area contributed by atoms with Crippen molar-refractivity contribution in [3.63, 3.8) is 0 Å². The van der Waals surface area contributed by atoms with Gasteiger partial charge in [0.15, 0.2) is 9.84 Å². The fourth-order valence-electron chi connectivity index (χ4n) is 2.54. The number of aliphatic hydroxyl groups excluding tert-OH is 1. The molecule has 1 aromatic rings. The van der Waals surface area contributed by atoms with Crippen molar-refractivity contribution < 1.29 is 31.4 Å². The molecule has 0 aromatic heterocycles. The van der Waals surface area contributed by atoms with Gasteiger partial charge in [-0.05, 0) is 12.1 Å². The Morgan fingerprint density at radius 1 is 1.20 bits per heavy atom. The normalized spacial score (nSPS) is 22.7. The number of hydrogen-bond acceptors (Lipinski definition) is 8. The Hall–Kier alpha value is -1.40. The van der Waals surface area contributed by atoms with Gasteiger partial charge in [-0.3, -0.25) is 0 Å². The van der Waals surface area contributed by atoms with Crippen LogP contribution in [0.4, 0.5) is 0 Å². The lowest BCUT2D eigenvalue weighted by molar-refractivity contribution is 0.166. The number of aliphatic hydroxyl groups is 1. The van der Waals surface area contributed by atoms with Gasteiger partial charge in [0.25, 0.3) is 0 Å². The van der Waals surface area contributed by atoms with E-state index in [0.29, 0.717) is 5.75 Å². The highest BCUT2D eigenvalue weighted by Crippen LogP contribution is 2.28. The summed E-state index contributed by atoms with van der Waals surface area (Å²) in [5.74, 6) is 0.179. The van der Waals surface area contributed by atoms with E-state index in [9.17, 15) is 21.9 Å². The average molecular weight is 394 g/mol. The molecule has 1 fully saturated rings. The van der Waals surface area contributed by atoms with Crippen LogP contribution in [0.5, 0.6) is 11.5 Å². The molecule has 0 saturated carbocycles. The largest absolute Gasteiger partial charge is 0.497 e. The second-order valence-electron chi connectivity index (χ2n) is 5.62. The molecule has 9 nitrogen and oxygen atoms in total. The van der Waals surface area contributed by atoms with Gasteiger partial charge >= 0.3 is 0 Å². The average Bonchev–Trinajstić information content (AvgIpc) is 2.82. The zero-order chi connectivity index (χ0) is 18.7. The van der Waals surface area contributed by atoms with Gasteiger partial charge in [0.2, 0.25) is 10.0 Å². The molecule has 25 heavy (non-hydrogen) atoms. The van der Waals surface area contributed by atoms with E-state index >= 15 is 0 Å². The topological polar surface area (TPSA) is 131 Å². The van der Waals surface area contributed by atoms with Gasteiger partial charge in [0.1, 0.15) is 16.4 Å². The monoisotopic (exact) mass is 394 g/mol. The van der Waals surface area contributed by atoms with E-state index in [1.54, 1.807) is 0 Å². The number of benzene rings is 1. The van der Waals surface area contributed by atoms with E-state index in [1.165, 1.54) is 32.4 Å². The summed E-state index contributed by atoms with van der Waals surface area (Å²) < 4.78 is 60.1. The summed E-state index contributed by atoms with van der Waals surface area (Å²) in [5, 5.41) is 12.5. The highest BCUT2D eigenvalue weighted by atomic mass is 32.2. The number of sulfone groups is 1. The SMILES string of the molecule is COc1ccc(S(=O)(=O)NCCN[C@H]2CS(=O)(=O)C[C@@H]2O)c(OC)c1. The number of hydrogen-bond donors (Lipinski definition) is 3. The highest BCUT2D eigenvalue weighted by Gasteiger charge is 2.35. The molecule has 0 amide bonds.